The van der Waals surface area contributed by atoms with E-state index < -0.39 is 0 Å². The van der Waals surface area contributed by atoms with Crippen molar-refractivity contribution in [3.63, 3.8) is 0 Å². The Morgan fingerprint density at radius 1 is 0.871 bits per heavy atom. The van der Waals surface area contributed by atoms with Gasteiger partial charge >= 0.3 is 0 Å². The first-order valence-corrected chi connectivity index (χ1v) is 11.0. The highest BCUT2D eigenvalue weighted by molar-refractivity contribution is 8.00. The van der Waals surface area contributed by atoms with Gasteiger partial charge in [-0.2, -0.15) is 4.68 Å². The van der Waals surface area contributed by atoms with Crippen LogP contribution >= 0.6 is 11.8 Å². The molecule has 0 saturated carbocycles. The topological polar surface area (TPSA) is 63.9 Å². The predicted octanol–water partition coefficient (Wildman–Crippen LogP) is 4.37. The van der Waals surface area contributed by atoms with Crippen LogP contribution in [0.3, 0.4) is 0 Å². The van der Waals surface area contributed by atoms with Crippen molar-refractivity contribution >= 4 is 17.7 Å². The number of rotatable bonds is 8. The summed E-state index contributed by atoms with van der Waals surface area (Å²) in [6.07, 6.45) is 0. The number of carbonyl (C=O) groups excluding carboxylic acids is 1. The van der Waals surface area contributed by atoms with Gasteiger partial charge in [0, 0.05) is 13.1 Å². The fourth-order valence-corrected chi connectivity index (χ4v) is 4.16. The molecule has 7 heteroatoms. The Hall–Kier alpha value is -3.45. The Kier molecular flexibility index (Phi) is 6.74. The van der Waals surface area contributed by atoms with Crippen LogP contribution < -0.4 is 0 Å². The molecule has 1 heterocycles. The van der Waals surface area contributed by atoms with Gasteiger partial charge in [0.1, 0.15) is 0 Å². The number of thioether (sulfide) groups is 1. The zero-order valence-corrected chi connectivity index (χ0v) is 18.0. The SMILES string of the molecule is CC(Sc1nnnn1-c1ccccc1)C(=O)N(Cc1ccccc1)Cc1ccccc1. The largest absolute Gasteiger partial charge is 0.333 e. The summed E-state index contributed by atoms with van der Waals surface area (Å²) in [5.74, 6) is 0.0420. The van der Waals surface area contributed by atoms with Gasteiger partial charge in [0.25, 0.3) is 0 Å². The highest BCUT2D eigenvalue weighted by Gasteiger charge is 2.24. The van der Waals surface area contributed by atoms with E-state index in [0.29, 0.717) is 18.2 Å². The van der Waals surface area contributed by atoms with E-state index in [9.17, 15) is 4.79 Å². The lowest BCUT2D eigenvalue weighted by Crippen LogP contribution is -2.35. The molecule has 0 aliphatic rings. The predicted molar refractivity (Wildman–Crippen MR) is 122 cm³/mol. The zero-order chi connectivity index (χ0) is 21.5. The van der Waals surface area contributed by atoms with Gasteiger partial charge in [-0.15, -0.1) is 5.10 Å². The molecule has 0 saturated heterocycles. The molecule has 0 aliphatic heterocycles. The smallest absolute Gasteiger partial charge is 0.236 e. The van der Waals surface area contributed by atoms with Crippen LogP contribution in [0.5, 0.6) is 0 Å². The van der Waals surface area contributed by atoms with Crippen LogP contribution in [-0.4, -0.2) is 36.3 Å². The number of carbonyl (C=O) groups is 1. The fourth-order valence-electron chi connectivity index (χ4n) is 3.27. The normalized spacial score (nSPS) is 11.8. The molecule has 31 heavy (non-hydrogen) atoms. The second-order valence-electron chi connectivity index (χ2n) is 7.13. The first-order valence-electron chi connectivity index (χ1n) is 10.1. The number of para-hydroxylation sites is 1. The Labute approximate surface area is 185 Å². The van der Waals surface area contributed by atoms with Crippen molar-refractivity contribution in [3.8, 4) is 5.69 Å². The number of aromatic nitrogens is 4. The lowest BCUT2D eigenvalue weighted by atomic mass is 10.1. The van der Waals surface area contributed by atoms with Gasteiger partial charge in [0.2, 0.25) is 11.1 Å². The lowest BCUT2D eigenvalue weighted by Gasteiger charge is -2.26. The molecule has 6 nitrogen and oxygen atoms in total. The van der Waals surface area contributed by atoms with Gasteiger partial charge in [-0.3, -0.25) is 4.79 Å². The summed E-state index contributed by atoms with van der Waals surface area (Å²) in [7, 11) is 0. The molecule has 0 radical (unpaired) electrons. The maximum Gasteiger partial charge on any atom is 0.236 e. The third kappa shape index (κ3) is 5.38. The summed E-state index contributed by atoms with van der Waals surface area (Å²) in [6.45, 7) is 2.99. The minimum absolute atomic E-state index is 0.0420. The molecule has 0 fully saturated rings. The molecule has 0 spiro atoms. The lowest BCUT2D eigenvalue weighted by molar-refractivity contribution is -0.131. The molecule has 0 aliphatic carbocycles. The summed E-state index contributed by atoms with van der Waals surface area (Å²) >= 11 is 1.36. The molecule has 1 atom stereocenters. The zero-order valence-electron chi connectivity index (χ0n) is 17.2. The number of benzene rings is 3. The van der Waals surface area contributed by atoms with Gasteiger partial charge in [0.05, 0.1) is 10.9 Å². The molecular weight excluding hydrogens is 406 g/mol. The van der Waals surface area contributed by atoms with E-state index >= 15 is 0 Å². The summed E-state index contributed by atoms with van der Waals surface area (Å²) < 4.78 is 1.66. The molecule has 1 amide bonds. The minimum atomic E-state index is -0.346. The van der Waals surface area contributed by atoms with Crippen LogP contribution in [0.4, 0.5) is 0 Å². The first-order chi connectivity index (χ1) is 15.2. The van der Waals surface area contributed by atoms with Crippen LogP contribution in [0.15, 0.2) is 96.2 Å². The van der Waals surface area contributed by atoms with Crippen molar-refractivity contribution in [3.05, 3.63) is 102 Å². The van der Waals surface area contributed by atoms with E-state index in [1.54, 1.807) is 4.68 Å². The average molecular weight is 430 g/mol. The first kappa shape index (κ1) is 20.8. The Balaban J connectivity index is 1.53. The molecular formula is C24H23N5OS. The summed E-state index contributed by atoms with van der Waals surface area (Å²) in [5.41, 5.74) is 3.05. The second kappa shape index (κ2) is 10.0. The van der Waals surface area contributed by atoms with Gasteiger partial charge in [-0.05, 0) is 40.6 Å². The number of hydrogen-bond acceptors (Lipinski definition) is 5. The van der Waals surface area contributed by atoms with Crippen molar-refractivity contribution < 1.29 is 4.79 Å². The summed E-state index contributed by atoms with van der Waals surface area (Å²) in [4.78, 5) is 15.3. The number of hydrogen-bond donors (Lipinski definition) is 0. The molecule has 4 aromatic rings. The average Bonchev–Trinajstić information content (AvgIpc) is 3.28. The molecule has 0 bridgehead atoms. The van der Waals surface area contributed by atoms with Gasteiger partial charge < -0.3 is 4.90 Å². The Morgan fingerprint density at radius 2 is 1.39 bits per heavy atom. The number of tetrazole rings is 1. The van der Waals surface area contributed by atoms with Crippen LogP contribution in [0.1, 0.15) is 18.1 Å². The third-order valence-electron chi connectivity index (χ3n) is 4.82. The molecule has 3 aromatic carbocycles. The minimum Gasteiger partial charge on any atom is -0.333 e. The van der Waals surface area contributed by atoms with Crippen LogP contribution in [0.25, 0.3) is 5.69 Å². The van der Waals surface area contributed by atoms with Crippen molar-refractivity contribution in [1.82, 2.24) is 25.1 Å². The van der Waals surface area contributed by atoms with Crippen molar-refractivity contribution in [1.29, 1.82) is 0 Å². The molecule has 1 unspecified atom stereocenters. The molecule has 0 N–H and O–H groups in total. The van der Waals surface area contributed by atoms with Gasteiger partial charge in [0.15, 0.2) is 0 Å². The third-order valence-corrected chi connectivity index (χ3v) is 5.84. The Bertz CT molecular complexity index is 1060. The summed E-state index contributed by atoms with van der Waals surface area (Å²) in [5, 5.41) is 12.3. The van der Waals surface area contributed by atoms with E-state index in [0.717, 1.165) is 16.8 Å². The maximum atomic E-state index is 13.5. The monoisotopic (exact) mass is 429 g/mol. The summed E-state index contributed by atoms with van der Waals surface area (Å²) in [6, 6.07) is 29.8. The Morgan fingerprint density at radius 3 is 1.94 bits per heavy atom. The second-order valence-corrected chi connectivity index (χ2v) is 8.44. The fraction of sp³-hybridized carbons (Fsp3) is 0.167. The molecule has 1 aromatic heterocycles. The number of nitrogens with zero attached hydrogens (tertiary/aromatic N) is 5. The van der Waals surface area contributed by atoms with Crippen molar-refractivity contribution in [2.45, 2.75) is 30.4 Å². The van der Waals surface area contributed by atoms with E-state index in [1.165, 1.54) is 11.8 Å². The van der Waals surface area contributed by atoms with E-state index in [4.69, 9.17) is 0 Å². The van der Waals surface area contributed by atoms with Crippen LogP contribution in [0, 0.1) is 0 Å². The highest BCUT2D eigenvalue weighted by atomic mass is 32.2. The van der Waals surface area contributed by atoms with Crippen molar-refractivity contribution in [2.24, 2.45) is 0 Å². The van der Waals surface area contributed by atoms with E-state index in [1.807, 2.05) is 103 Å². The van der Waals surface area contributed by atoms with Gasteiger partial charge in [-0.25, -0.2) is 0 Å². The van der Waals surface area contributed by atoms with Crippen LogP contribution in [-0.2, 0) is 17.9 Å². The van der Waals surface area contributed by atoms with Crippen molar-refractivity contribution in [2.75, 3.05) is 0 Å². The standard InChI is InChI=1S/C24H23N5OS/c1-19(31-24-25-26-27-29(24)22-15-9-4-10-16-22)23(30)28(17-20-11-5-2-6-12-20)18-21-13-7-3-8-14-21/h2-16,19H,17-18H2,1H3. The highest BCUT2D eigenvalue weighted by Crippen LogP contribution is 2.25. The number of amides is 1. The van der Waals surface area contributed by atoms with E-state index in [2.05, 4.69) is 15.5 Å². The van der Waals surface area contributed by atoms with E-state index in [-0.39, 0.29) is 11.2 Å². The van der Waals surface area contributed by atoms with Gasteiger partial charge in [-0.1, -0.05) is 90.6 Å². The molecule has 156 valence electrons. The molecule has 4 rings (SSSR count). The van der Waals surface area contributed by atoms with Crippen LogP contribution in [0.2, 0.25) is 0 Å². The quantitative estimate of drug-likeness (QED) is 0.389. The maximum absolute atomic E-state index is 13.5.